The summed E-state index contributed by atoms with van der Waals surface area (Å²) in [6.45, 7) is 1.88. The number of hydrogen-bond acceptors (Lipinski definition) is 11. The summed E-state index contributed by atoms with van der Waals surface area (Å²) in [5.74, 6) is -1.57. The van der Waals surface area contributed by atoms with Gasteiger partial charge >= 0.3 is 5.63 Å². The SMILES string of the molecule is COc1c(N2CCCS2(=O)=O)cc(C(=O)Nc2nnc(/N=C(C)/C=C\N)s2)oc1=O. The Labute approximate surface area is 175 Å². The molecule has 2 aromatic rings. The zero-order valence-corrected chi connectivity index (χ0v) is 17.6. The number of allylic oxidation sites excluding steroid dienone is 1. The molecule has 2 aromatic heterocycles. The minimum atomic E-state index is -3.61. The molecule has 160 valence electrons. The van der Waals surface area contributed by atoms with Gasteiger partial charge < -0.3 is 14.9 Å². The number of carbonyl (C=O) groups is 1. The fourth-order valence-corrected chi connectivity index (χ4v) is 4.89. The van der Waals surface area contributed by atoms with Gasteiger partial charge in [0.2, 0.25) is 26.0 Å². The van der Waals surface area contributed by atoms with Gasteiger partial charge in [0, 0.05) is 18.3 Å². The predicted octanol–water partition coefficient (Wildman–Crippen LogP) is 0.857. The topological polar surface area (TPSA) is 170 Å². The number of nitrogens with two attached hydrogens (primary N) is 1. The first-order chi connectivity index (χ1) is 14.2. The summed E-state index contributed by atoms with van der Waals surface area (Å²) >= 11 is 0.984. The van der Waals surface area contributed by atoms with Crippen molar-refractivity contribution in [1.29, 1.82) is 0 Å². The van der Waals surface area contributed by atoms with Gasteiger partial charge in [-0.05, 0) is 25.6 Å². The minimum Gasteiger partial charge on any atom is -0.488 e. The highest BCUT2D eigenvalue weighted by atomic mass is 32.2. The van der Waals surface area contributed by atoms with Gasteiger partial charge in [0.05, 0.1) is 12.9 Å². The number of methoxy groups -OCH3 is 1. The van der Waals surface area contributed by atoms with Gasteiger partial charge in [-0.1, -0.05) is 11.3 Å². The third-order valence-electron chi connectivity index (χ3n) is 3.93. The van der Waals surface area contributed by atoms with Crippen molar-refractivity contribution >= 4 is 48.9 Å². The molecule has 3 heterocycles. The summed E-state index contributed by atoms with van der Waals surface area (Å²) in [7, 11) is -2.40. The number of rotatable bonds is 6. The van der Waals surface area contributed by atoms with E-state index < -0.39 is 27.3 Å². The smallest absolute Gasteiger partial charge is 0.381 e. The average molecular weight is 454 g/mol. The molecule has 0 bridgehead atoms. The maximum absolute atomic E-state index is 12.6. The van der Waals surface area contributed by atoms with E-state index in [1.807, 2.05) is 0 Å². The lowest BCUT2D eigenvalue weighted by atomic mass is 10.3. The van der Waals surface area contributed by atoms with Crippen LogP contribution in [0, 0.1) is 0 Å². The van der Waals surface area contributed by atoms with Crippen molar-refractivity contribution < 1.29 is 22.4 Å². The van der Waals surface area contributed by atoms with E-state index >= 15 is 0 Å². The molecule has 30 heavy (non-hydrogen) atoms. The van der Waals surface area contributed by atoms with E-state index in [2.05, 4.69) is 20.5 Å². The second kappa shape index (κ2) is 8.62. The molecular weight excluding hydrogens is 436 g/mol. The summed E-state index contributed by atoms with van der Waals surface area (Å²) in [6, 6.07) is 1.15. The Kier molecular flexibility index (Phi) is 6.17. The second-order valence-electron chi connectivity index (χ2n) is 6.01. The van der Waals surface area contributed by atoms with E-state index in [1.165, 1.54) is 13.3 Å². The lowest BCUT2D eigenvalue weighted by Crippen LogP contribution is -2.28. The van der Waals surface area contributed by atoms with E-state index in [0.29, 0.717) is 12.1 Å². The Hall–Kier alpha value is -3.26. The van der Waals surface area contributed by atoms with E-state index in [4.69, 9.17) is 14.9 Å². The van der Waals surface area contributed by atoms with Crippen LogP contribution >= 0.6 is 11.3 Å². The van der Waals surface area contributed by atoms with Crippen molar-refractivity contribution in [2.24, 2.45) is 10.7 Å². The van der Waals surface area contributed by atoms with Crippen LogP contribution in [-0.4, -0.2) is 49.6 Å². The summed E-state index contributed by atoms with van der Waals surface area (Å²) in [5.41, 5.74) is 4.85. The third-order valence-corrected chi connectivity index (χ3v) is 6.52. The Balaban J connectivity index is 1.89. The lowest BCUT2D eigenvalue weighted by Gasteiger charge is -2.19. The molecule has 0 aromatic carbocycles. The molecule has 3 N–H and O–H groups in total. The summed E-state index contributed by atoms with van der Waals surface area (Å²) in [4.78, 5) is 29.0. The van der Waals surface area contributed by atoms with Crippen molar-refractivity contribution in [3.05, 3.63) is 34.5 Å². The highest BCUT2D eigenvalue weighted by Gasteiger charge is 2.33. The lowest BCUT2D eigenvalue weighted by molar-refractivity contribution is 0.0991. The summed E-state index contributed by atoms with van der Waals surface area (Å²) < 4.78 is 35.5. The molecule has 0 unspecified atom stereocenters. The van der Waals surface area contributed by atoms with Gasteiger partial charge in [0.25, 0.3) is 5.91 Å². The van der Waals surface area contributed by atoms with Gasteiger partial charge in [-0.15, -0.1) is 10.2 Å². The second-order valence-corrected chi connectivity index (χ2v) is 8.98. The molecule has 1 aliphatic heterocycles. The standard InChI is InChI=1S/C16H18N6O6S2/c1-9(4-5-17)18-15-20-21-16(29-15)19-13(23)11-8-10(12(27-2)14(24)28-11)22-6-3-7-30(22,25)26/h4-5,8H,3,6-7,17H2,1-2H3,(H,19,21,23)/b5-4-,18-9+. The number of sulfonamides is 1. The zero-order chi connectivity index (χ0) is 21.9. The first-order valence-corrected chi connectivity index (χ1v) is 11.0. The van der Waals surface area contributed by atoms with Crippen LogP contribution in [0.1, 0.15) is 23.9 Å². The largest absolute Gasteiger partial charge is 0.488 e. The van der Waals surface area contributed by atoms with Crippen LogP contribution in [-0.2, 0) is 10.0 Å². The zero-order valence-electron chi connectivity index (χ0n) is 16.0. The summed E-state index contributed by atoms with van der Waals surface area (Å²) in [5, 5.41) is 10.4. The molecular formula is C16H18N6O6S2. The van der Waals surface area contributed by atoms with Gasteiger partial charge in [-0.25, -0.2) is 18.2 Å². The van der Waals surface area contributed by atoms with Gasteiger partial charge in [-0.3, -0.25) is 14.4 Å². The molecule has 0 radical (unpaired) electrons. The Morgan fingerprint density at radius 2 is 2.23 bits per heavy atom. The fraction of sp³-hybridized carbons (Fsp3) is 0.312. The van der Waals surface area contributed by atoms with E-state index in [9.17, 15) is 18.0 Å². The van der Waals surface area contributed by atoms with Crippen LogP contribution in [0.25, 0.3) is 0 Å². The predicted molar refractivity (Wildman–Crippen MR) is 111 cm³/mol. The Morgan fingerprint density at radius 3 is 2.87 bits per heavy atom. The quantitative estimate of drug-likeness (QED) is 0.601. The highest BCUT2D eigenvalue weighted by Crippen LogP contribution is 2.32. The number of hydrogen-bond donors (Lipinski definition) is 2. The van der Waals surface area contributed by atoms with E-state index in [1.54, 1.807) is 13.0 Å². The number of amides is 1. The minimum absolute atomic E-state index is 0.0526. The normalized spacial score (nSPS) is 16.2. The Bertz CT molecular complexity index is 1180. The molecule has 14 heteroatoms. The van der Waals surface area contributed by atoms with E-state index in [0.717, 1.165) is 21.7 Å². The maximum atomic E-state index is 12.6. The molecule has 1 fully saturated rings. The van der Waals surface area contributed by atoms with Crippen molar-refractivity contribution in [3.8, 4) is 5.75 Å². The Morgan fingerprint density at radius 1 is 1.47 bits per heavy atom. The molecule has 1 saturated heterocycles. The molecule has 0 atom stereocenters. The summed E-state index contributed by atoms with van der Waals surface area (Å²) in [6.07, 6.45) is 3.28. The van der Waals surface area contributed by atoms with Crippen LogP contribution < -0.4 is 25.7 Å². The van der Waals surface area contributed by atoms with Crippen LogP contribution in [0.4, 0.5) is 16.0 Å². The van der Waals surface area contributed by atoms with Crippen LogP contribution in [0.2, 0.25) is 0 Å². The number of carbonyl (C=O) groups excluding carboxylic acids is 1. The van der Waals surface area contributed by atoms with Crippen LogP contribution in [0.5, 0.6) is 5.75 Å². The van der Waals surface area contributed by atoms with Gasteiger partial charge in [0.15, 0.2) is 5.76 Å². The number of ether oxygens (including phenoxy) is 1. The van der Waals surface area contributed by atoms with Gasteiger partial charge in [0.1, 0.15) is 5.69 Å². The van der Waals surface area contributed by atoms with E-state index in [-0.39, 0.29) is 34.0 Å². The first-order valence-electron chi connectivity index (χ1n) is 8.56. The third kappa shape index (κ3) is 4.49. The number of nitrogens with one attached hydrogen (secondary N) is 1. The van der Waals surface area contributed by atoms with Gasteiger partial charge in [-0.2, -0.15) is 0 Å². The molecule has 1 amide bonds. The van der Waals surface area contributed by atoms with Crippen molar-refractivity contribution in [1.82, 2.24) is 10.2 Å². The van der Waals surface area contributed by atoms with Crippen LogP contribution in [0.3, 0.4) is 0 Å². The monoisotopic (exact) mass is 454 g/mol. The molecule has 3 rings (SSSR count). The molecule has 12 nitrogen and oxygen atoms in total. The highest BCUT2D eigenvalue weighted by molar-refractivity contribution is 7.93. The molecule has 0 saturated carbocycles. The number of aromatic nitrogens is 2. The van der Waals surface area contributed by atoms with Crippen molar-refractivity contribution in [2.45, 2.75) is 13.3 Å². The molecule has 0 spiro atoms. The number of nitrogens with zero attached hydrogens (tertiary/aromatic N) is 4. The molecule has 1 aliphatic rings. The maximum Gasteiger partial charge on any atom is 0.381 e. The molecule has 0 aliphatic carbocycles. The fourth-order valence-electron chi connectivity index (χ4n) is 2.66. The average Bonchev–Trinajstić information content (AvgIpc) is 3.26. The van der Waals surface area contributed by atoms with Crippen molar-refractivity contribution in [3.63, 3.8) is 0 Å². The first kappa shape index (κ1) is 21.4. The number of aliphatic imine (C=N–C) groups is 1. The van der Waals surface area contributed by atoms with Crippen LogP contribution in [0.15, 0.2) is 32.5 Å². The van der Waals surface area contributed by atoms with Crippen molar-refractivity contribution in [2.75, 3.05) is 29.0 Å². The number of anilines is 2.